The number of halogens is 3. The summed E-state index contributed by atoms with van der Waals surface area (Å²) in [5.41, 5.74) is 8.97. The highest BCUT2D eigenvalue weighted by molar-refractivity contribution is 6.67. The van der Waals surface area contributed by atoms with Crippen LogP contribution in [0.2, 0.25) is 6.82 Å². The van der Waals surface area contributed by atoms with Crippen molar-refractivity contribution in [3.8, 4) is 11.5 Å². The van der Waals surface area contributed by atoms with Gasteiger partial charge in [-0.05, 0) is 159 Å². The SMILES string of the molecule is CB(O)NC(C)Cc1ccc(OC(=O)C2C(C(=O)N3CCN(C)CC3)[C@@H]3CC[C@H]2O3)cc1.CC(N)Cc1ccc(OC(=O)C2C(C(=O)N3CCN(C)CC3)[C@@H]3CC[C@H]2O3)cc1.CCCN1CCN(C(=O)C2C(C(=O)OCc3ccccc3)[C@H]3CC[C@@H]2O3)CC1.CN1CCN(C(=O)C2C(C(=O)OCC(Cl)(Cl)Cl)[C@H]3CC[C@@H]2O3)CC1. The van der Waals surface area contributed by atoms with Gasteiger partial charge in [0.05, 0.1) is 96.2 Å². The van der Waals surface area contributed by atoms with Crippen LogP contribution in [0.1, 0.15) is 95.2 Å². The summed E-state index contributed by atoms with van der Waals surface area (Å²) >= 11 is 16.9. The minimum Gasteiger partial charge on any atom is -0.461 e. The third-order valence-corrected chi connectivity index (χ3v) is 24.8. The molecule has 31 heteroatoms. The monoisotopic (exact) mass is 1630 g/mol. The first-order chi connectivity index (χ1) is 54.2. The summed E-state index contributed by atoms with van der Waals surface area (Å²) < 4.78 is 44.2. The molecule has 12 aliphatic heterocycles. The Hall–Kier alpha value is -6.09. The number of carbonyl (C=O) groups is 8. The number of carbonyl (C=O) groups excluding carboxylic acids is 8. The molecule has 10 unspecified atom stereocenters. The Balaban J connectivity index is 0.000000140. The Morgan fingerprint density at radius 2 is 0.779 bits per heavy atom. The van der Waals surface area contributed by atoms with E-state index in [2.05, 4.69) is 45.8 Å². The van der Waals surface area contributed by atoms with Gasteiger partial charge in [-0.15, -0.1) is 0 Å². The highest BCUT2D eigenvalue weighted by Crippen LogP contribution is 2.49. The fourth-order valence-corrected chi connectivity index (χ4v) is 18.8. The van der Waals surface area contributed by atoms with E-state index >= 15 is 0 Å². The number of alkyl halides is 3. The zero-order valence-corrected chi connectivity index (χ0v) is 68.7. The van der Waals surface area contributed by atoms with E-state index in [1.165, 1.54) is 0 Å². The molecule has 12 saturated heterocycles. The third kappa shape index (κ3) is 22.0. The molecular formula is C82H116BCl3N10O17. The van der Waals surface area contributed by atoms with Crippen molar-refractivity contribution in [1.82, 2.24) is 44.4 Å². The Labute approximate surface area is 680 Å². The quantitative estimate of drug-likeness (QED) is 0.0522. The first-order valence-corrected chi connectivity index (χ1v) is 42.1. The minimum atomic E-state index is -1.66. The number of piperazine rings is 4. The molecule has 0 aromatic heterocycles. The smallest absolute Gasteiger partial charge is 0.373 e. The van der Waals surface area contributed by atoms with Crippen LogP contribution in [0.5, 0.6) is 11.5 Å². The number of rotatable bonds is 21. The van der Waals surface area contributed by atoms with Crippen molar-refractivity contribution in [2.45, 2.75) is 170 Å². The molecule has 0 radical (unpaired) electrons. The maximum absolute atomic E-state index is 13.3. The number of esters is 4. The Morgan fingerprint density at radius 1 is 0.460 bits per heavy atom. The highest BCUT2D eigenvalue weighted by atomic mass is 35.6. The summed E-state index contributed by atoms with van der Waals surface area (Å²) in [5, 5.41) is 12.5. The lowest BCUT2D eigenvalue weighted by Crippen LogP contribution is -2.53. The largest absolute Gasteiger partial charge is 0.461 e. The van der Waals surface area contributed by atoms with Crippen LogP contribution in [0.25, 0.3) is 0 Å². The van der Waals surface area contributed by atoms with E-state index in [0.717, 1.165) is 159 Å². The van der Waals surface area contributed by atoms with E-state index in [1.54, 1.807) is 31.1 Å². The summed E-state index contributed by atoms with van der Waals surface area (Å²) in [5.74, 6) is -4.34. The fraction of sp³-hybridized carbons (Fsp3) is 0.683. The molecule has 12 aliphatic rings. The number of ether oxygens (including phenoxy) is 8. The van der Waals surface area contributed by atoms with Crippen LogP contribution in [-0.4, -0.2) is 302 Å². The van der Waals surface area contributed by atoms with Crippen molar-refractivity contribution < 1.29 is 81.3 Å². The van der Waals surface area contributed by atoms with Crippen molar-refractivity contribution >= 4 is 89.4 Å². The summed E-state index contributed by atoms with van der Waals surface area (Å²) in [6, 6.07) is 24.7. The van der Waals surface area contributed by atoms with E-state index in [9.17, 15) is 43.4 Å². The molecule has 4 amide bonds. The second-order valence-electron chi connectivity index (χ2n) is 33.0. The van der Waals surface area contributed by atoms with Crippen LogP contribution >= 0.6 is 34.8 Å². The molecule has 3 aromatic rings. The van der Waals surface area contributed by atoms with Crippen molar-refractivity contribution in [3.05, 3.63) is 95.6 Å². The lowest BCUT2D eigenvalue weighted by Gasteiger charge is -2.37. The molecule has 12 heterocycles. The predicted octanol–water partition coefficient (Wildman–Crippen LogP) is 5.38. The summed E-state index contributed by atoms with van der Waals surface area (Å²) in [6.07, 6.45) is 7.55. The second kappa shape index (κ2) is 39.4. The van der Waals surface area contributed by atoms with Gasteiger partial charge in [-0.1, -0.05) is 103 Å². The molecule has 3 aromatic carbocycles. The van der Waals surface area contributed by atoms with Crippen molar-refractivity contribution in [2.75, 3.05) is 139 Å². The second-order valence-corrected chi connectivity index (χ2v) is 35.5. The lowest BCUT2D eigenvalue weighted by molar-refractivity contribution is -0.157. The topological polar surface area (TPSA) is 295 Å². The standard InChI is InChI=1S/C23H34BN3O5.C22H31N3O4.C22H30N2O4.C15H21Cl3N2O4/c1-15(25-24(2)30)14-16-4-6-17(7-5-16)31-23(29)21-19-9-8-18(32-19)20(21)22(28)27-12-10-26(3)11-13-27;1-14(23)13-15-3-5-16(6-4-15)28-22(27)20-18-8-7-17(29-18)19(20)21(26)25-11-9-24(2)10-12-25;1-2-10-23-11-13-24(14-12-23)21(25)19-17-8-9-18(28-17)20(19)22(26)27-15-16-6-4-3-5-7-16;1-19-4-6-20(7-5-19)13(21)11-9-2-3-10(24-9)12(11)14(22)23-8-15(16,17)18/h4-7,15,18-21,25,30H,8-14H2,1-3H3;3-6,14,17-20H,7-13,23H2,1-2H3;3-7,17-20H,2,8-15H2,1H3;9-12H,2-8H2,1H3/t15?,18-,19+,20?,21?;14?,17-,18+,19?,20?;17-,18+,19?,20?;9-,10+,11?,12?/m0000/s1. The molecule has 15 rings (SSSR count). The number of benzene rings is 3. The Kier molecular flexibility index (Phi) is 30.1. The normalized spacial score (nSPS) is 30.4. The molecule has 113 heavy (non-hydrogen) atoms. The molecule has 0 aliphatic carbocycles. The molecule has 0 saturated carbocycles. The number of nitrogens with zero attached hydrogens (tertiary/aromatic N) is 8. The van der Waals surface area contributed by atoms with Gasteiger partial charge in [0.1, 0.15) is 24.7 Å². The van der Waals surface area contributed by atoms with Crippen LogP contribution in [-0.2, 0) is 86.2 Å². The average molecular weight is 1630 g/mol. The first kappa shape index (κ1) is 86.3. The van der Waals surface area contributed by atoms with Gasteiger partial charge in [0.25, 0.3) is 0 Å². The van der Waals surface area contributed by atoms with Gasteiger partial charge in [0.2, 0.25) is 27.4 Å². The van der Waals surface area contributed by atoms with Gasteiger partial charge in [-0.2, -0.15) is 0 Å². The van der Waals surface area contributed by atoms with E-state index in [1.807, 2.05) is 95.1 Å². The Morgan fingerprint density at radius 3 is 1.11 bits per heavy atom. The van der Waals surface area contributed by atoms with E-state index in [0.29, 0.717) is 50.8 Å². The summed E-state index contributed by atoms with van der Waals surface area (Å²) in [7, 11) is 5.58. The van der Waals surface area contributed by atoms with Gasteiger partial charge >= 0.3 is 30.9 Å². The van der Waals surface area contributed by atoms with Crippen molar-refractivity contribution in [1.29, 1.82) is 0 Å². The maximum atomic E-state index is 13.3. The van der Waals surface area contributed by atoms with E-state index in [4.69, 9.17) is 78.4 Å². The number of nitrogens with one attached hydrogen (secondary N) is 1. The third-order valence-electron chi connectivity index (χ3n) is 24.5. The van der Waals surface area contributed by atoms with Crippen LogP contribution in [0.3, 0.4) is 0 Å². The van der Waals surface area contributed by atoms with Gasteiger partial charge in [-0.3, -0.25) is 43.3 Å². The average Bonchev–Trinajstić information content (AvgIpc) is 1.63. The van der Waals surface area contributed by atoms with E-state index in [-0.39, 0.29) is 122 Å². The number of hydrogen-bond acceptors (Lipinski definition) is 23. The van der Waals surface area contributed by atoms with Crippen LogP contribution in [0.4, 0.5) is 0 Å². The molecule has 0 spiro atoms. The highest BCUT2D eigenvalue weighted by Gasteiger charge is 2.61. The molecule has 27 nitrogen and oxygen atoms in total. The predicted molar refractivity (Wildman–Crippen MR) is 424 cm³/mol. The fourth-order valence-electron chi connectivity index (χ4n) is 18.6. The molecule has 12 fully saturated rings. The summed E-state index contributed by atoms with van der Waals surface area (Å²) in [4.78, 5) is 121. The number of fused-ring (bicyclic) bond motifs is 8. The van der Waals surface area contributed by atoms with E-state index < -0.39 is 58.2 Å². The van der Waals surface area contributed by atoms with Crippen molar-refractivity contribution in [3.63, 3.8) is 0 Å². The van der Waals surface area contributed by atoms with Crippen LogP contribution in [0, 0.1) is 47.3 Å². The molecule has 18 atom stereocenters. The zero-order chi connectivity index (χ0) is 80.4. The molecule has 620 valence electrons. The minimum absolute atomic E-state index is 0.0221. The molecule has 4 N–H and O–H groups in total. The van der Waals surface area contributed by atoms with Gasteiger partial charge < -0.3 is 88.2 Å². The number of likely N-dealkylation sites (N-methyl/N-ethyl adjacent to an activating group) is 3. The van der Waals surface area contributed by atoms with Crippen LogP contribution < -0.4 is 20.4 Å². The van der Waals surface area contributed by atoms with Gasteiger partial charge in [0, 0.05) is 111 Å². The molecule has 8 bridgehead atoms. The number of amides is 4. The van der Waals surface area contributed by atoms with Crippen LogP contribution in [0.15, 0.2) is 78.9 Å². The molecular weight excluding hydrogens is 1510 g/mol. The maximum Gasteiger partial charge on any atom is 0.373 e. The number of nitrogens with two attached hydrogens (primary N) is 1. The number of hydrogen-bond donors (Lipinski definition) is 3. The lowest BCUT2D eigenvalue weighted by atomic mass is 9.78. The van der Waals surface area contributed by atoms with Gasteiger partial charge in [0.15, 0.2) is 0 Å². The van der Waals surface area contributed by atoms with Crippen molar-refractivity contribution in [2.24, 2.45) is 53.1 Å². The zero-order valence-electron chi connectivity index (χ0n) is 66.5. The first-order valence-electron chi connectivity index (χ1n) is 41.0. The van der Waals surface area contributed by atoms with Gasteiger partial charge in [-0.25, -0.2) is 0 Å². The Bertz CT molecular complexity index is 3690. The summed E-state index contributed by atoms with van der Waals surface area (Å²) in [6.45, 7) is 21.3.